The van der Waals surface area contributed by atoms with Crippen molar-refractivity contribution < 1.29 is 5.11 Å². The highest BCUT2D eigenvalue weighted by atomic mass is 79.9. The zero-order valence-corrected chi connectivity index (χ0v) is 12.5. The minimum absolute atomic E-state index is 0.605. The molecule has 3 heteroatoms. The van der Waals surface area contributed by atoms with Crippen molar-refractivity contribution in [1.29, 1.82) is 5.26 Å². The van der Waals surface area contributed by atoms with Gasteiger partial charge in [-0.3, -0.25) is 0 Å². The van der Waals surface area contributed by atoms with Crippen LogP contribution in [0.3, 0.4) is 0 Å². The van der Waals surface area contributed by atoms with Crippen molar-refractivity contribution in [2.75, 3.05) is 0 Å². The summed E-state index contributed by atoms with van der Waals surface area (Å²) in [6.07, 6.45) is 0.429. The standard InChI is InChI=1S/C17H14BrNO/c18-15-7-3-6-12(8-15)16(20)17(11-19)9-13-4-1-2-5-14(13)10-17/h1-8,16,20H,9-10H2. The summed E-state index contributed by atoms with van der Waals surface area (Å²) in [6, 6.07) is 18.0. The van der Waals surface area contributed by atoms with Gasteiger partial charge in [-0.25, -0.2) is 0 Å². The average Bonchev–Trinajstić information content (AvgIpc) is 2.86. The van der Waals surface area contributed by atoms with Crippen LogP contribution in [0, 0.1) is 16.7 Å². The van der Waals surface area contributed by atoms with E-state index < -0.39 is 11.5 Å². The van der Waals surface area contributed by atoms with E-state index in [1.54, 1.807) is 0 Å². The normalized spacial score (nSPS) is 17.2. The van der Waals surface area contributed by atoms with E-state index in [0.717, 1.165) is 10.0 Å². The number of fused-ring (bicyclic) bond motifs is 1. The summed E-state index contributed by atoms with van der Waals surface area (Å²) in [5.41, 5.74) is 2.37. The Morgan fingerprint density at radius 1 is 1.10 bits per heavy atom. The van der Waals surface area contributed by atoms with Crippen molar-refractivity contribution in [3.05, 3.63) is 69.7 Å². The van der Waals surface area contributed by atoms with Crippen LogP contribution in [-0.2, 0) is 12.8 Å². The van der Waals surface area contributed by atoms with Crippen LogP contribution in [0.1, 0.15) is 22.8 Å². The first-order chi connectivity index (χ1) is 9.64. The van der Waals surface area contributed by atoms with E-state index in [1.165, 1.54) is 11.1 Å². The Labute approximate surface area is 126 Å². The van der Waals surface area contributed by atoms with Gasteiger partial charge in [0, 0.05) is 4.47 Å². The molecule has 100 valence electrons. The largest absolute Gasteiger partial charge is 0.387 e. The second-order valence-corrected chi connectivity index (χ2v) is 6.26. The number of hydrogen-bond donors (Lipinski definition) is 1. The summed E-state index contributed by atoms with van der Waals surface area (Å²) in [7, 11) is 0. The zero-order valence-electron chi connectivity index (χ0n) is 10.9. The van der Waals surface area contributed by atoms with Crippen LogP contribution < -0.4 is 0 Å². The number of nitrogens with zero attached hydrogens (tertiary/aromatic N) is 1. The molecule has 0 saturated heterocycles. The minimum Gasteiger partial charge on any atom is -0.387 e. The van der Waals surface area contributed by atoms with E-state index in [1.807, 2.05) is 48.5 Å². The van der Waals surface area contributed by atoms with Gasteiger partial charge in [-0.1, -0.05) is 52.3 Å². The maximum Gasteiger partial charge on any atom is 0.0983 e. The maximum absolute atomic E-state index is 10.7. The van der Waals surface area contributed by atoms with Crippen molar-refractivity contribution in [1.82, 2.24) is 0 Å². The SMILES string of the molecule is N#CC1(C(O)c2cccc(Br)c2)Cc2ccccc2C1. The molecule has 0 heterocycles. The van der Waals surface area contributed by atoms with Gasteiger partial charge in [-0.2, -0.15) is 5.26 Å². The second kappa shape index (κ2) is 5.05. The first-order valence-corrected chi connectivity index (χ1v) is 7.35. The number of aliphatic hydroxyl groups excluding tert-OH is 1. The summed E-state index contributed by atoms with van der Waals surface area (Å²) in [6.45, 7) is 0. The summed E-state index contributed by atoms with van der Waals surface area (Å²) < 4.78 is 0.914. The molecule has 0 bridgehead atoms. The monoisotopic (exact) mass is 327 g/mol. The number of hydrogen-bond acceptors (Lipinski definition) is 2. The molecule has 1 aliphatic carbocycles. The molecule has 0 aliphatic heterocycles. The Kier molecular flexibility index (Phi) is 3.37. The van der Waals surface area contributed by atoms with Gasteiger partial charge in [0.15, 0.2) is 0 Å². The van der Waals surface area contributed by atoms with Crippen LogP contribution in [0.5, 0.6) is 0 Å². The maximum atomic E-state index is 10.7. The quantitative estimate of drug-likeness (QED) is 0.911. The number of benzene rings is 2. The van der Waals surface area contributed by atoms with Crippen LogP contribution in [0.25, 0.3) is 0 Å². The van der Waals surface area contributed by atoms with Gasteiger partial charge in [-0.05, 0) is 41.7 Å². The topological polar surface area (TPSA) is 44.0 Å². The molecule has 2 nitrogen and oxygen atoms in total. The third-order valence-electron chi connectivity index (χ3n) is 4.04. The Hall–Kier alpha value is -1.63. The highest BCUT2D eigenvalue weighted by Gasteiger charge is 2.44. The summed E-state index contributed by atoms with van der Waals surface area (Å²) >= 11 is 3.41. The predicted molar refractivity (Wildman–Crippen MR) is 81.0 cm³/mol. The molecule has 1 N–H and O–H groups in total. The van der Waals surface area contributed by atoms with Gasteiger partial charge in [0.25, 0.3) is 0 Å². The lowest BCUT2D eigenvalue weighted by Crippen LogP contribution is -2.28. The average molecular weight is 328 g/mol. The van der Waals surface area contributed by atoms with Gasteiger partial charge in [0.05, 0.1) is 17.6 Å². The van der Waals surface area contributed by atoms with Gasteiger partial charge >= 0.3 is 0 Å². The second-order valence-electron chi connectivity index (χ2n) is 5.35. The van der Waals surface area contributed by atoms with Crippen molar-refractivity contribution >= 4 is 15.9 Å². The summed E-state index contributed by atoms with van der Waals surface area (Å²) in [5.74, 6) is 0. The highest BCUT2D eigenvalue weighted by molar-refractivity contribution is 9.10. The van der Waals surface area contributed by atoms with E-state index in [9.17, 15) is 10.4 Å². The molecule has 1 aliphatic rings. The Morgan fingerprint density at radius 3 is 2.30 bits per heavy atom. The fraction of sp³-hybridized carbons (Fsp3) is 0.235. The van der Waals surface area contributed by atoms with E-state index >= 15 is 0 Å². The van der Waals surface area contributed by atoms with Crippen LogP contribution in [-0.4, -0.2) is 5.11 Å². The van der Waals surface area contributed by atoms with E-state index in [2.05, 4.69) is 22.0 Å². The van der Waals surface area contributed by atoms with Crippen molar-refractivity contribution in [2.45, 2.75) is 18.9 Å². The van der Waals surface area contributed by atoms with Crippen LogP contribution in [0.15, 0.2) is 53.0 Å². The fourth-order valence-electron chi connectivity index (χ4n) is 2.97. The predicted octanol–water partition coefficient (Wildman–Crippen LogP) is 3.79. The molecular weight excluding hydrogens is 314 g/mol. The molecular formula is C17H14BrNO. The molecule has 2 aromatic rings. The smallest absolute Gasteiger partial charge is 0.0983 e. The van der Waals surface area contributed by atoms with Crippen molar-refractivity contribution in [2.24, 2.45) is 5.41 Å². The molecule has 2 aromatic carbocycles. The lowest BCUT2D eigenvalue weighted by atomic mass is 9.77. The van der Waals surface area contributed by atoms with Crippen LogP contribution >= 0.6 is 15.9 Å². The van der Waals surface area contributed by atoms with E-state index in [-0.39, 0.29) is 0 Å². The molecule has 0 aromatic heterocycles. The third-order valence-corrected chi connectivity index (χ3v) is 4.53. The number of nitriles is 1. The number of halogens is 1. The van der Waals surface area contributed by atoms with Crippen LogP contribution in [0.4, 0.5) is 0 Å². The number of aliphatic hydroxyl groups is 1. The minimum atomic E-state index is -0.780. The fourth-order valence-corrected chi connectivity index (χ4v) is 3.39. The number of rotatable bonds is 2. The van der Waals surface area contributed by atoms with E-state index in [4.69, 9.17) is 0 Å². The lowest BCUT2D eigenvalue weighted by Gasteiger charge is -2.27. The summed E-state index contributed by atoms with van der Waals surface area (Å²) in [5, 5.41) is 20.4. The zero-order chi connectivity index (χ0) is 14.2. The Bertz CT molecular complexity index is 664. The molecule has 1 atom stereocenters. The first kappa shape index (κ1) is 13.4. The Morgan fingerprint density at radius 2 is 1.75 bits per heavy atom. The molecule has 0 spiro atoms. The van der Waals surface area contributed by atoms with Gasteiger partial charge in [-0.15, -0.1) is 0 Å². The third kappa shape index (κ3) is 2.15. The molecule has 20 heavy (non-hydrogen) atoms. The molecule has 0 saturated carbocycles. The van der Waals surface area contributed by atoms with Crippen molar-refractivity contribution in [3.8, 4) is 6.07 Å². The first-order valence-electron chi connectivity index (χ1n) is 6.56. The van der Waals surface area contributed by atoms with Gasteiger partial charge < -0.3 is 5.11 Å². The van der Waals surface area contributed by atoms with E-state index in [0.29, 0.717) is 12.8 Å². The van der Waals surface area contributed by atoms with Crippen molar-refractivity contribution in [3.63, 3.8) is 0 Å². The lowest BCUT2D eigenvalue weighted by molar-refractivity contribution is 0.0693. The molecule has 0 radical (unpaired) electrons. The van der Waals surface area contributed by atoms with Gasteiger partial charge in [0.1, 0.15) is 0 Å². The summed E-state index contributed by atoms with van der Waals surface area (Å²) in [4.78, 5) is 0. The molecule has 1 unspecified atom stereocenters. The Balaban J connectivity index is 1.98. The van der Waals surface area contributed by atoms with Gasteiger partial charge in [0.2, 0.25) is 0 Å². The highest BCUT2D eigenvalue weighted by Crippen LogP contribution is 2.45. The molecule has 0 amide bonds. The molecule has 3 rings (SSSR count). The molecule has 0 fully saturated rings. The van der Waals surface area contributed by atoms with Crippen LogP contribution in [0.2, 0.25) is 0 Å².